The van der Waals surface area contributed by atoms with Crippen molar-refractivity contribution in [2.45, 2.75) is 4.90 Å². The number of hydrogen-bond acceptors (Lipinski definition) is 5. The quantitative estimate of drug-likeness (QED) is 0.797. The molecule has 0 radical (unpaired) electrons. The molecule has 0 aliphatic carbocycles. The third kappa shape index (κ3) is 3.44. The van der Waals surface area contributed by atoms with Crippen LogP contribution in [0.5, 0.6) is 0 Å². The SMILES string of the molecule is O=C(O)c1ccc(S(=O)(=O)N2CCS(=O)(=O)CC2)c(Br)c1. The van der Waals surface area contributed by atoms with Gasteiger partial charge in [0.15, 0.2) is 9.84 Å². The van der Waals surface area contributed by atoms with Crippen LogP contribution in [0.15, 0.2) is 27.6 Å². The number of aromatic carboxylic acids is 1. The molecule has 21 heavy (non-hydrogen) atoms. The van der Waals surface area contributed by atoms with Crippen LogP contribution < -0.4 is 0 Å². The van der Waals surface area contributed by atoms with Crippen molar-refractivity contribution in [3.8, 4) is 0 Å². The zero-order valence-electron chi connectivity index (χ0n) is 10.7. The molecular weight excluding hydrogens is 386 g/mol. The summed E-state index contributed by atoms with van der Waals surface area (Å²) in [7, 11) is -7.04. The molecule has 1 N–H and O–H groups in total. The van der Waals surface area contributed by atoms with E-state index < -0.39 is 25.8 Å². The van der Waals surface area contributed by atoms with Crippen molar-refractivity contribution >= 4 is 41.8 Å². The third-order valence-corrected chi connectivity index (χ3v) is 7.58. The fourth-order valence-corrected chi connectivity index (χ4v) is 5.83. The van der Waals surface area contributed by atoms with Gasteiger partial charge in [-0.25, -0.2) is 21.6 Å². The molecule has 116 valence electrons. The molecule has 10 heteroatoms. The lowest BCUT2D eigenvalue weighted by molar-refractivity contribution is 0.0696. The van der Waals surface area contributed by atoms with Crippen LogP contribution in [-0.4, -0.2) is 56.8 Å². The maximum atomic E-state index is 12.5. The zero-order valence-corrected chi connectivity index (χ0v) is 13.9. The standard InChI is InChI=1S/C11H12BrNO6S2/c12-9-7-8(11(14)15)1-2-10(9)21(18,19)13-3-5-20(16,17)6-4-13/h1-2,7H,3-6H2,(H,14,15). The summed E-state index contributed by atoms with van der Waals surface area (Å²) in [5, 5.41) is 8.86. The highest BCUT2D eigenvalue weighted by Gasteiger charge is 2.32. The smallest absolute Gasteiger partial charge is 0.335 e. The topological polar surface area (TPSA) is 109 Å². The summed E-state index contributed by atoms with van der Waals surface area (Å²) in [5.74, 6) is -1.59. The van der Waals surface area contributed by atoms with Crippen LogP contribution in [0.4, 0.5) is 0 Å². The minimum Gasteiger partial charge on any atom is -0.478 e. The van der Waals surface area contributed by atoms with E-state index in [1.165, 1.54) is 18.2 Å². The largest absolute Gasteiger partial charge is 0.478 e. The molecule has 2 rings (SSSR count). The van der Waals surface area contributed by atoms with Crippen molar-refractivity contribution < 1.29 is 26.7 Å². The second kappa shape index (κ2) is 5.67. The van der Waals surface area contributed by atoms with E-state index in [0.29, 0.717) is 0 Å². The van der Waals surface area contributed by atoms with E-state index in [1.54, 1.807) is 0 Å². The van der Waals surface area contributed by atoms with Crippen molar-refractivity contribution in [1.82, 2.24) is 4.31 Å². The second-order valence-electron chi connectivity index (χ2n) is 4.51. The van der Waals surface area contributed by atoms with Crippen LogP contribution >= 0.6 is 15.9 Å². The Labute approximate surface area is 130 Å². The Balaban J connectivity index is 2.34. The van der Waals surface area contributed by atoms with Crippen molar-refractivity contribution in [2.24, 2.45) is 0 Å². The highest BCUT2D eigenvalue weighted by molar-refractivity contribution is 9.10. The van der Waals surface area contributed by atoms with Gasteiger partial charge in [0, 0.05) is 17.6 Å². The Morgan fingerprint density at radius 2 is 1.81 bits per heavy atom. The lowest BCUT2D eigenvalue weighted by Gasteiger charge is -2.26. The van der Waals surface area contributed by atoms with Gasteiger partial charge in [-0.15, -0.1) is 0 Å². The number of rotatable bonds is 3. The van der Waals surface area contributed by atoms with E-state index in [4.69, 9.17) is 5.11 Å². The molecule has 0 amide bonds. The molecule has 1 aliphatic rings. The molecule has 0 aromatic heterocycles. The highest BCUT2D eigenvalue weighted by atomic mass is 79.9. The first kappa shape index (κ1) is 16.4. The number of benzene rings is 1. The Morgan fingerprint density at radius 3 is 2.29 bits per heavy atom. The van der Waals surface area contributed by atoms with Gasteiger partial charge in [0.25, 0.3) is 0 Å². The van der Waals surface area contributed by atoms with Gasteiger partial charge in [0.05, 0.1) is 22.0 Å². The van der Waals surface area contributed by atoms with E-state index in [1.807, 2.05) is 0 Å². The summed E-state index contributed by atoms with van der Waals surface area (Å²) in [6.45, 7) is -0.199. The summed E-state index contributed by atoms with van der Waals surface area (Å²) in [4.78, 5) is 10.8. The number of carboxylic acids is 1. The van der Waals surface area contributed by atoms with E-state index in [0.717, 1.165) is 4.31 Å². The number of sulfonamides is 1. The predicted molar refractivity (Wildman–Crippen MR) is 78.5 cm³/mol. The van der Waals surface area contributed by atoms with Gasteiger partial charge >= 0.3 is 5.97 Å². The van der Waals surface area contributed by atoms with E-state index >= 15 is 0 Å². The molecule has 0 unspecified atom stereocenters. The molecule has 0 atom stereocenters. The van der Waals surface area contributed by atoms with Gasteiger partial charge < -0.3 is 5.11 Å². The van der Waals surface area contributed by atoms with Crippen LogP contribution in [0.2, 0.25) is 0 Å². The normalized spacial score (nSPS) is 19.3. The fourth-order valence-electron chi connectivity index (χ4n) is 1.92. The number of carboxylic acid groups (broad SMARTS) is 1. The first-order chi connectivity index (χ1) is 9.63. The minimum absolute atomic E-state index is 0.0398. The van der Waals surface area contributed by atoms with Crippen molar-refractivity contribution in [3.63, 3.8) is 0 Å². The van der Waals surface area contributed by atoms with Gasteiger partial charge in [-0.2, -0.15) is 4.31 Å². The zero-order chi connectivity index (χ0) is 15.8. The second-order valence-corrected chi connectivity index (χ2v) is 9.57. The lowest BCUT2D eigenvalue weighted by atomic mass is 10.2. The summed E-state index contributed by atoms with van der Waals surface area (Å²) in [5.41, 5.74) is -0.0398. The van der Waals surface area contributed by atoms with Crippen LogP contribution in [0.25, 0.3) is 0 Å². The highest BCUT2D eigenvalue weighted by Crippen LogP contribution is 2.27. The number of nitrogens with zero attached hydrogens (tertiary/aromatic N) is 1. The van der Waals surface area contributed by atoms with Crippen molar-refractivity contribution in [2.75, 3.05) is 24.6 Å². The van der Waals surface area contributed by atoms with Gasteiger partial charge in [-0.05, 0) is 34.1 Å². The number of carbonyl (C=O) groups is 1. The average Bonchev–Trinajstić information content (AvgIpc) is 2.37. The van der Waals surface area contributed by atoms with Gasteiger partial charge in [0.2, 0.25) is 10.0 Å². The number of sulfone groups is 1. The fraction of sp³-hybridized carbons (Fsp3) is 0.364. The molecule has 1 aromatic carbocycles. The molecule has 1 fully saturated rings. The van der Waals surface area contributed by atoms with Crippen LogP contribution in [0.3, 0.4) is 0 Å². The summed E-state index contributed by atoms with van der Waals surface area (Å²) >= 11 is 3.05. The molecule has 7 nitrogen and oxygen atoms in total. The number of hydrogen-bond donors (Lipinski definition) is 1. The third-order valence-electron chi connectivity index (χ3n) is 3.10. The average molecular weight is 398 g/mol. The number of halogens is 1. The molecule has 1 heterocycles. The molecule has 0 bridgehead atoms. The minimum atomic E-state index is -3.86. The Bertz CT molecular complexity index is 773. The molecule has 1 aliphatic heterocycles. The predicted octanol–water partition coefficient (Wildman–Crippen LogP) is 0.566. The summed E-state index contributed by atoms with van der Waals surface area (Å²) in [6, 6.07) is 3.60. The molecule has 1 saturated heterocycles. The van der Waals surface area contributed by atoms with Gasteiger partial charge in [0.1, 0.15) is 0 Å². The Morgan fingerprint density at radius 1 is 1.24 bits per heavy atom. The van der Waals surface area contributed by atoms with E-state index in [2.05, 4.69) is 15.9 Å². The van der Waals surface area contributed by atoms with E-state index in [9.17, 15) is 21.6 Å². The molecule has 0 spiro atoms. The lowest BCUT2D eigenvalue weighted by Crippen LogP contribution is -2.43. The maximum Gasteiger partial charge on any atom is 0.335 e. The van der Waals surface area contributed by atoms with Gasteiger partial charge in [-0.1, -0.05) is 0 Å². The van der Waals surface area contributed by atoms with Crippen LogP contribution in [0, 0.1) is 0 Å². The molecule has 0 saturated carbocycles. The first-order valence-electron chi connectivity index (χ1n) is 5.87. The van der Waals surface area contributed by atoms with Crippen LogP contribution in [-0.2, 0) is 19.9 Å². The first-order valence-corrected chi connectivity index (χ1v) is 9.92. The van der Waals surface area contributed by atoms with E-state index in [-0.39, 0.29) is 39.5 Å². The monoisotopic (exact) mass is 397 g/mol. The Kier molecular flexibility index (Phi) is 4.43. The Hall–Kier alpha value is -0.970. The van der Waals surface area contributed by atoms with Crippen LogP contribution in [0.1, 0.15) is 10.4 Å². The summed E-state index contributed by atoms with van der Waals surface area (Å²) < 4.78 is 48.8. The maximum absolute atomic E-state index is 12.5. The van der Waals surface area contributed by atoms with Gasteiger partial charge in [-0.3, -0.25) is 0 Å². The van der Waals surface area contributed by atoms with Crippen molar-refractivity contribution in [3.05, 3.63) is 28.2 Å². The molecule has 1 aromatic rings. The van der Waals surface area contributed by atoms with Crippen molar-refractivity contribution in [1.29, 1.82) is 0 Å². The summed E-state index contributed by atoms with van der Waals surface area (Å²) in [6.07, 6.45) is 0. The molecular formula is C11H12BrNO6S2.